The van der Waals surface area contributed by atoms with Crippen molar-refractivity contribution >= 4 is 23.7 Å². The lowest BCUT2D eigenvalue weighted by Gasteiger charge is -2.09. The molecule has 0 saturated heterocycles. The molecule has 0 saturated carbocycles. The van der Waals surface area contributed by atoms with E-state index in [2.05, 4.69) is 10.5 Å². The van der Waals surface area contributed by atoms with Gasteiger partial charge >= 0.3 is 0 Å². The second kappa shape index (κ2) is 10.3. The molecule has 0 aromatic heterocycles. The SMILES string of the molecule is COc1ccc(C(=O)N/N=C/c2ccc(OCc3ccccc3)c(Cl)c2)cc1OC. The molecule has 0 heterocycles. The summed E-state index contributed by atoms with van der Waals surface area (Å²) in [6, 6.07) is 20.0. The Bertz CT molecular complexity index is 1040. The van der Waals surface area contributed by atoms with Crippen LogP contribution in [0.5, 0.6) is 17.2 Å². The van der Waals surface area contributed by atoms with Crippen molar-refractivity contribution in [3.8, 4) is 17.2 Å². The highest BCUT2D eigenvalue weighted by Gasteiger charge is 2.10. The molecule has 0 fully saturated rings. The van der Waals surface area contributed by atoms with Crippen molar-refractivity contribution in [3.05, 3.63) is 88.4 Å². The van der Waals surface area contributed by atoms with Crippen LogP contribution in [0, 0.1) is 0 Å². The Morgan fingerprint density at radius 2 is 1.70 bits per heavy atom. The molecule has 3 rings (SSSR count). The first-order valence-corrected chi connectivity index (χ1v) is 9.50. The molecular weight excluding hydrogens is 404 g/mol. The molecule has 0 aliphatic carbocycles. The Morgan fingerprint density at radius 3 is 2.40 bits per heavy atom. The van der Waals surface area contributed by atoms with E-state index in [4.69, 9.17) is 25.8 Å². The fourth-order valence-electron chi connectivity index (χ4n) is 2.66. The van der Waals surface area contributed by atoms with E-state index in [1.807, 2.05) is 30.3 Å². The Morgan fingerprint density at radius 1 is 0.967 bits per heavy atom. The maximum absolute atomic E-state index is 12.3. The summed E-state index contributed by atoms with van der Waals surface area (Å²) in [7, 11) is 3.04. The normalized spacial score (nSPS) is 10.6. The number of hydrogen-bond acceptors (Lipinski definition) is 5. The van der Waals surface area contributed by atoms with E-state index in [0.29, 0.717) is 34.4 Å². The van der Waals surface area contributed by atoms with Gasteiger partial charge in [-0.05, 0) is 47.5 Å². The molecule has 1 amide bonds. The number of nitrogens with zero attached hydrogens (tertiary/aromatic N) is 1. The average molecular weight is 425 g/mol. The number of carbonyl (C=O) groups is 1. The molecule has 0 aliphatic rings. The Labute approximate surface area is 180 Å². The summed E-state index contributed by atoms with van der Waals surface area (Å²) in [6.45, 7) is 0.426. The molecule has 0 aliphatic heterocycles. The number of hydrazone groups is 1. The van der Waals surface area contributed by atoms with Gasteiger partial charge in [0.1, 0.15) is 12.4 Å². The van der Waals surface area contributed by atoms with E-state index in [1.165, 1.54) is 20.4 Å². The van der Waals surface area contributed by atoms with Gasteiger partial charge in [0.15, 0.2) is 11.5 Å². The van der Waals surface area contributed by atoms with Gasteiger partial charge in [-0.1, -0.05) is 41.9 Å². The highest BCUT2D eigenvalue weighted by atomic mass is 35.5. The van der Waals surface area contributed by atoms with Crippen LogP contribution in [-0.4, -0.2) is 26.3 Å². The van der Waals surface area contributed by atoms with Crippen LogP contribution in [0.4, 0.5) is 0 Å². The number of methoxy groups -OCH3 is 2. The largest absolute Gasteiger partial charge is 0.493 e. The molecule has 0 bridgehead atoms. The Kier molecular flexibility index (Phi) is 7.29. The fourth-order valence-corrected chi connectivity index (χ4v) is 2.90. The second-order valence-corrected chi connectivity index (χ2v) is 6.64. The quantitative estimate of drug-likeness (QED) is 0.420. The molecule has 3 aromatic carbocycles. The third-order valence-corrected chi connectivity index (χ3v) is 4.51. The lowest BCUT2D eigenvalue weighted by molar-refractivity contribution is 0.0954. The summed E-state index contributed by atoms with van der Waals surface area (Å²) < 4.78 is 16.1. The molecule has 0 spiro atoms. The fraction of sp³-hybridized carbons (Fsp3) is 0.130. The first-order valence-electron chi connectivity index (χ1n) is 9.12. The predicted molar refractivity (Wildman–Crippen MR) is 117 cm³/mol. The van der Waals surface area contributed by atoms with Crippen LogP contribution < -0.4 is 19.6 Å². The summed E-state index contributed by atoms with van der Waals surface area (Å²) >= 11 is 6.30. The molecule has 0 unspecified atom stereocenters. The lowest BCUT2D eigenvalue weighted by Crippen LogP contribution is -2.17. The first-order chi connectivity index (χ1) is 14.6. The van der Waals surface area contributed by atoms with Crippen molar-refractivity contribution in [1.29, 1.82) is 0 Å². The zero-order chi connectivity index (χ0) is 21.3. The van der Waals surface area contributed by atoms with Gasteiger partial charge in [0, 0.05) is 5.56 Å². The summed E-state index contributed by atoms with van der Waals surface area (Å²) in [5, 5.41) is 4.44. The van der Waals surface area contributed by atoms with Crippen LogP contribution >= 0.6 is 11.6 Å². The van der Waals surface area contributed by atoms with Gasteiger partial charge in [0.2, 0.25) is 0 Å². The predicted octanol–water partition coefficient (Wildman–Crippen LogP) is 4.70. The molecule has 0 radical (unpaired) electrons. The molecule has 6 nitrogen and oxygen atoms in total. The molecule has 7 heteroatoms. The number of nitrogens with one attached hydrogen (secondary N) is 1. The van der Waals surface area contributed by atoms with Gasteiger partial charge in [-0.2, -0.15) is 5.10 Å². The number of ether oxygens (including phenoxy) is 3. The minimum absolute atomic E-state index is 0.374. The standard InChI is InChI=1S/C23H21ClN2O4/c1-28-21-11-9-18(13-22(21)29-2)23(27)26-25-14-17-8-10-20(19(24)12-17)30-15-16-6-4-3-5-7-16/h3-14H,15H2,1-2H3,(H,26,27)/b25-14+. The Balaban J connectivity index is 1.59. The lowest BCUT2D eigenvalue weighted by atomic mass is 10.2. The summed E-state index contributed by atoms with van der Waals surface area (Å²) in [5.74, 6) is 1.21. The maximum atomic E-state index is 12.3. The number of benzene rings is 3. The molecular formula is C23H21ClN2O4. The summed E-state index contributed by atoms with van der Waals surface area (Å²) in [5.41, 5.74) is 4.65. The van der Waals surface area contributed by atoms with E-state index in [-0.39, 0.29) is 5.91 Å². The van der Waals surface area contributed by atoms with E-state index in [1.54, 1.807) is 36.4 Å². The number of halogens is 1. The zero-order valence-corrected chi connectivity index (χ0v) is 17.3. The summed E-state index contributed by atoms with van der Waals surface area (Å²) in [4.78, 5) is 12.3. The minimum Gasteiger partial charge on any atom is -0.493 e. The first kappa shape index (κ1) is 21.2. The topological polar surface area (TPSA) is 69.2 Å². The van der Waals surface area contributed by atoms with Gasteiger partial charge in [-0.3, -0.25) is 4.79 Å². The van der Waals surface area contributed by atoms with E-state index >= 15 is 0 Å². The van der Waals surface area contributed by atoms with Crippen LogP contribution in [0.3, 0.4) is 0 Å². The van der Waals surface area contributed by atoms with Crippen LogP contribution in [-0.2, 0) is 6.61 Å². The van der Waals surface area contributed by atoms with Crippen LogP contribution in [0.2, 0.25) is 5.02 Å². The number of carbonyl (C=O) groups excluding carboxylic acids is 1. The van der Waals surface area contributed by atoms with E-state index in [9.17, 15) is 4.79 Å². The van der Waals surface area contributed by atoms with Gasteiger partial charge in [0.25, 0.3) is 5.91 Å². The van der Waals surface area contributed by atoms with Crippen molar-refractivity contribution in [2.24, 2.45) is 5.10 Å². The molecule has 1 N–H and O–H groups in total. The molecule has 0 atom stereocenters. The Hall–Kier alpha value is -3.51. The van der Waals surface area contributed by atoms with Crippen molar-refractivity contribution in [2.45, 2.75) is 6.61 Å². The smallest absolute Gasteiger partial charge is 0.271 e. The number of rotatable bonds is 8. The highest BCUT2D eigenvalue weighted by Crippen LogP contribution is 2.28. The second-order valence-electron chi connectivity index (χ2n) is 6.23. The summed E-state index contributed by atoms with van der Waals surface area (Å²) in [6.07, 6.45) is 1.51. The van der Waals surface area contributed by atoms with Crippen LogP contribution in [0.15, 0.2) is 71.8 Å². The van der Waals surface area contributed by atoms with Crippen molar-refractivity contribution in [1.82, 2.24) is 5.43 Å². The monoisotopic (exact) mass is 424 g/mol. The van der Waals surface area contributed by atoms with Gasteiger partial charge in [-0.25, -0.2) is 5.43 Å². The van der Waals surface area contributed by atoms with Gasteiger partial charge < -0.3 is 14.2 Å². The maximum Gasteiger partial charge on any atom is 0.271 e. The van der Waals surface area contributed by atoms with Crippen LogP contribution in [0.25, 0.3) is 0 Å². The van der Waals surface area contributed by atoms with Gasteiger partial charge in [0.05, 0.1) is 25.5 Å². The van der Waals surface area contributed by atoms with Crippen molar-refractivity contribution in [2.75, 3.05) is 14.2 Å². The molecule has 154 valence electrons. The third kappa shape index (κ3) is 5.52. The number of hydrogen-bond donors (Lipinski definition) is 1. The third-order valence-electron chi connectivity index (χ3n) is 4.22. The minimum atomic E-state index is -0.374. The van der Waals surface area contributed by atoms with E-state index in [0.717, 1.165) is 11.1 Å². The average Bonchev–Trinajstić information content (AvgIpc) is 2.78. The highest BCUT2D eigenvalue weighted by molar-refractivity contribution is 6.32. The van der Waals surface area contributed by atoms with Crippen LogP contribution in [0.1, 0.15) is 21.5 Å². The molecule has 30 heavy (non-hydrogen) atoms. The molecule has 3 aromatic rings. The van der Waals surface area contributed by atoms with Gasteiger partial charge in [-0.15, -0.1) is 0 Å². The number of amides is 1. The van der Waals surface area contributed by atoms with Crippen molar-refractivity contribution in [3.63, 3.8) is 0 Å². The zero-order valence-electron chi connectivity index (χ0n) is 16.6. The van der Waals surface area contributed by atoms with Crippen molar-refractivity contribution < 1.29 is 19.0 Å². The van der Waals surface area contributed by atoms with E-state index < -0.39 is 0 Å².